The van der Waals surface area contributed by atoms with Gasteiger partial charge in [0.05, 0.1) is 10.9 Å². The third-order valence-electron chi connectivity index (χ3n) is 3.81. The van der Waals surface area contributed by atoms with Crippen molar-refractivity contribution < 1.29 is 9.00 Å². The van der Waals surface area contributed by atoms with Crippen molar-refractivity contribution in [2.45, 2.75) is 30.7 Å². The number of Topliss-reactive ketones (excluding diaryl/α,β-unsaturated/α-hetero) is 1. The Kier molecular flexibility index (Phi) is 3.68. The molecule has 2 aromatic rings. The first-order valence-corrected chi connectivity index (χ1v) is 7.95. The zero-order chi connectivity index (χ0) is 14.1. The van der Waals surface area contributed by atoms with Crippen LogP contribution in [0.15, 0.2) is 47.4 Å². The molecule has 0 aromatic heterocycles. The van der Waals surface area contributed by atoms with E-state index in [1.807, 2.05) is 46.8 Å². The van der Waals surface area contributed by atoms with Crippen LogP contribution in [0.1, 0.15) is 19.8 Å². The Balaban J connectivity index is 1.94. The average molecular weight is 287 g/mol. The average Bonchev–Trinajstić information content (AvgIpc) is 2.95. The lowest BCUT2D eigenvalue weighted by molar-refractivity contribution is -0.119. The third kappa shape index (κ3) is 2.41. The van der Waals surface area contributed by atoms with Crippen LogP contribution in [0.5, 0.6) is 0 Å². The van der Waals surface area contributed by atoms with Crippen molar-refractivity contribution in [2.24, 2.45) is 0 Å². The van der Waals surface area contributed by atoms with Gasteiger partial charge in [-0.2, -0.15) is 0 Å². The van der Waals surface area contributed by atoms with E-state index in [0.29, 0.717) is 0 Å². The number of nitrogens with zero attached hydrogens (tertiary/aromatic N) is 1. The van der Waals surface area contributed by atoms with Crippen LogP contribution in [0.25, 0.3) is 10.8 Å². The fourth-order valence-electron chi connectivity index (χ4n) is 2.76. The molecule has 0 N–H and O–H groups in total. The molecule has 1 fully saturated rings. The fraction of sp³-hybridized carbons (Fsp3) is 0.312. The van der Waals surface area contributed by atoms with E-state index >= 15 is 0 Å². The first-order valence-electron chi connectivity index (χ1n) is 6.84. The van der Waals surface area contributed by atoms with Gasteiger partial charge in [0.1, 0.15) is 16.8 Å². The topological polar surface area (TPSA) is 37.4 Å². The normalized spacial score (nSPS) is 21.1. The minimum atomic E-state index is -1.25. The van der Waals surface area contributed by atoms with Gasteiger partial charge in [-0.3, -0.25) is 4.79 Å². The maximum absolute atomic E-state index is 12.7. The molecular weight excluding hydrogens is 270 g/mol. The van der Waals surface area contributed by atoms with E-state index < -0.39 is 11.0 Å². The van der Waals surface area contributed by atoms with E-state index in [1.54, 1.807) is 6.92 Å². The molecule has 1 aliphatic heterocycles. The van der Waals surface area contributed by atoms with E-state index in [9.17, 15) is 9.00 Å². The first kappa shape index (κ1) is 13.5. The van der Waals surface area contributed by atoms with Gasteiger partial charge in [0.2, 0.25) is 0 Å². The number of rotatable bonds is 3. The highest BCUT2D eigenvalue weighted by Crippen LogP contribution is 2.25. The summed E-state index contributed by atoms with van der Waals surface area (Å²) < 4.78 is 14.5. The summed E-state index contributed by atoms with van der Waals surface area (Å²) in [7, 11) is -1.25. The molecule has 2 atom stereocenters. The maximum Gasteiger partial charge on any atom is 0.147 e. The van der Waals surface area contributed by atoms with Gasteiger partial charge in [-0.25, -0.2) is 8.51 Å². The summed E-state index contributed by atoms with van der Waals surface area (Å²) in [5.74, 6) is 0.108. The molecule has 0 bridgehead atoms. The predicted octanol–water partition coefficient (Wildman–Crippen LogP) is 2.92. The number of hydrogen-bond acceptors (Lipinski definition) is 2. The van der Waals surface area contributed by atoms with Gasteiger partial charge in [0, 0.05) is 6.54 Å². The highest BCUT2D eigenvalue weighted by Gasteiger charge is 2.32. The summed E-state index contributed by atoms with van der Waals surface area (Å²) in [5, 5.41) is 2.22. The molecule has 104 valence electrons. The maximum atomic E-state index is 12.7. The SMILES string of the molecule is CC(=O)C1CCCN1S(=O)c1ccc2ccccc2c1. The van der Waals surface area contributed by atoms with Crippen LogP contribution in [-0.4, -0.2) is 26.9 Å². The minimum absolute atomic E-state index is 0.108. The number of ketones is 1. The second-order valence-electron chi connectivity index (χ2n) is 5.17. The van der Waals surface area contributed by atoms with Gasteiger partial charge in [-0.05, 0) is 42.7 Å². The highest BCUT2D eigenvalue weighted by atomic mass is 32.2. The molecule has 2 aromatic carbocycles. The molecule has 2 unspecified atom stereocenters. The molecule has 20 heavy (non-hydrogen) atoms. The Hall–Kier alpha value is -1.52. The van der Waals surface area contributed by atoms with E-state index in [0.717, 1.165) is 35.1 Å². The van der Waals surface area contributed by atoms with Gasteiger partial charge in [-0.1, -0.05) is 30.3 Å². The molecular formula is C16H17NO2S. The molecule has 0 aliphatic carbocycles. The van der Waals surface area contributed by atoms with E-state index in [2.05, 4.69) is 0 Å². The Morgan fingerprint density at radius 2 is 1.95 bits per heavy atom. The van der Waals surface area contributed by atoms with Crippen LogP contribution in [0.3, 0.4) is 0 Å². The standard InChI is InChI=1S/C16H17NO2S/c1-12(18)16-7-4-10-17(16)20(19)15-9-8-13-5-2-3-6-14(13)11-15/h2-3,5-6,8-9,11,16H,4,7,10H2,1H3. The summed E-state index contributed by atoms with van der Waals surface area (Å²) in [5.41, 5.74) is 0. The Labute approximate surface area is 121 Å². The number of carbonyl (C=O) groups is 1. The van der Waals surface area contributed by atoms with Gasteiger partial charge in [-0.15, -0.1) is 0 Å². The molecule has 3 rings (SSSR count). The van der Waals surface area contributed by atoms with Crippen molar-refractivity contribution in [3.8, 4) is 0 Å². The summed E-state index contributed by atoms with van der Waals surface area (Å²) in [6.07, 6.45) is 1.75. The van der Waals surface area contributed by atoms with Crippen molar-refractivity contribution in [3.63, 3.8) is 0 Å². The zero-order valence-electron chi connectivity index (χ0n) is 11.4. The van der Waals surface area contributed by atoms with E-state index in [1.165, 1.54) is 0 Å². The van der Waals surface area contributed by atoms with Crippen LogP contribution in [0, 0.1) is 0 Å². The van der Waals surface area contributed by atoms with E-state index in [-0.39, 0.29) is 11.8 Å². The minimum Gasteiger partial charge on any atom is -0.298 e. The predicted molar refractivity (Wildman–Crippen MR) is 80.8 cm³/mol. The molecule has 0 spiro atoms. The highest BCUT2D eigenvalue weighted by molar-refractivity contribution is 7.82. The molecule has 0 amide bonds. The largest absolute Gasteiger partial charge is 0.298 e. The smallest absolute Gasteiger partial charge is 0.147 e. The van der Waals surface area contributed by atoms with Crippen LogP contribution in [0.2, 0.25) is 0 Å². The summed E-state index contributed by atoms with van der Waals surface area (Å²) >= 11 is 0. The second-order valence-corrected chi connectivity index (χ2v) is 6.61. The molecule has 0 radical (unpaired) electrons. The quantitative estimate of drug-likeness (QED) is 0.870. The summed E-state index contributed by atoms with van der Waals surface area (Å²) in [6.45, 7) is 2.31. The van der Waals surface area contributed by atoms with Gasteiger partial charge in [0.25, 0.3) is 0 Å². The number of hydrogen-bond donors (Lipinski definition) is 0. The lowest BCUT2D eigenvalue weighted by Crippen LogP contribution is -2.36. The van der Waals surface area contributed by atoms with Crippen LogP contribution >= 0.6 is 0 Å². The molecule has 1 saturated heterocycles. The molecule has 1 aliphatic rings. The van der Waals surface area contributed by atoms with Gasteiger partial charge in [0.15, 0.2) is 0 Å². The fourth-order valence-corrected chi connectivity index (χ4v) is 4.22. The van der Waals surface area contributed by atoms with Crippen LogP contribution < -0.4 is 0 Å². The van der Waals surface area contributed by atoms with Gasteiger partial charge >= 0.3 is 0 Å². The zero-order valence-corrected chi connectivity index (χ0v) is 12.2. The van der Waals surface area contributed by atoms with E-state index in [4.69, 9.17) is 0 Å². The van der Waals surface area contributed by atoms with Gasteiger partial charge < -0.3 is 0 Å². The molecule has 3 nitrogen and oxygen atoms in total. The lowest BCUT2D eigenvalue weighted by Gasteiger charge is -2.21. The van der Waals surface area contributed by atoms with Crippen LogP contribution in [-0.2, 0) is 15.8 Å². The third-order valence-corrected chi connectivity index (χ3v) is 5.33. The Morgan fingerprint density at radius 1 is 1.20 bits per heavy atom. The first-order chi connectivity index (χ1) is 9.66. The van der Waals surface area contributed by atoms with Crippen molar-refractivity contribution >= 4 is 27.5 Å². The Bertz CT molecular complexity index is 683. The van der Waals surface area contributed by atoms with Crippen molar-refractivity contribution in [3.05, 3.63) is 42.5 Å². The molecule has 4 heteroatoms. The van der Waals surface area contributed by atoms with Crippen molar-refractivity contribution in [2.75, 3.05) is 6.54 Å². The molecule has 0 saturated carbocycles. The monoisotopic (exact) mass is 287 g/mol. The molecule has 1 heterocycles. The second kappa shape index (κ2) is 5.46. The Morgan fingerprint density at radius 3 is 2.70 bits per heavy atom. The summed E-state index contributed by atoms with van der Waals surface area (Å²) in [6, 6.07) is 13.7. The van der Waals surface area contributed by atoms with Crippen molar-refractivity contribution in [1.82, 2.24) is 4.31 Å². The number of fused-ring (bicyclic) bond motifs is 1. The number of benzene rings is 2. The number of carbonyl (C=O) groups excluding carboxylic acids is 1. The lowest BCUT2D eigenvalue weighted by atomic mass is 10.1. The van der Waals surface area contributed by atoms with Crippen molar-refractivity contribution in [1.29, 1.82) is 0 Å². The summed E-state index contributed by atoms with van der Waals surface area (Å²) in [4.78, 5) is 12.4. The van der Waals surface area contributed by atoms with Crippen LogP contribution in [0.4, 0.5) is 0 Å².